The molecule has 0 aliphatic carbocycles. The maximum absolute atomic E-state index is 13.5. The first-order valence-corrected chi connectivity index (χ1v) is 8.28. The number of pyridine rings is 1. The summed E-state index contributed by atoms with van der Waals surface area (Å²) in [6, 6.07) is 8.33. The van der Waals surface area contributed by atoms with Gasteiger partial charge in [0.25, 0.3) is 5.56 Å². The Morgan fingerprint density at radius 1 is 1.15 bits per heavy atom. The smallest absolute Gasteiger partial charge is 0.261 e. The van der Waals surface area contributed by atoms with E-state index in [0.29, 0.717) is 24.0 Å². The second-order valence-corrected chi connectivity index (χ2v) is 6.23. The van der Waals surface area contributed by atoms with Crippen LogP contribution in [0.1, 0.15) is 5.56 Å². The largest absolute Gasteiger partial charge is 0.361 e. The number of H-pyrrole nitrogens is 1. The fraction of sp³-hybridized carbons (Fsp3) is 0.105. The molecule has 4 aromatic heterocycles. The van der Waals surface area contributed by atoms with Crippen LogP contribution < -0.4 is 5.56 Å². The molecule has 0 fully saturated rings. The number of aryl methyl sites for hydroxylation is 2. The molecule has 0 radical (unpaired) electrons. The number of aromatic amines is 1. The molecular weight excluding hydrogens is 333 g/mol. The SMILES string of the molecule is O=c1c2cnc3ccnn3c2ccn1CCc1c[nH]c2ccc(F)cc12. The summed E-state index contributed by atoms with van der Waals surface area (Å²) in [5.74, 6) is -0.268. The number of nitrogens with zero attached hydrogens (tertiary/aromatic N) is 4. The van der Waals surface area contributed by atoms with E-state index in [1.807, 2.05) is 12.3 Å². The van der Waals surface area contributed by atoms with Crippen molar-refractivity contribution in [2.24, 2.45) is 0 Å². The molecule has 0 spiro atoms. The van der Waals surface area contributed by atoms with Crippen LogP contribution >= 0.6 is 0 Å². The van der Waals surface area contributed by atoms with Gasteiger partial charge in [0.05, 0.1) is 17.1 Å². The van der Waals surface area contributed by atoms with Gasteiger partial charge in [0.2, 0.25) is 0 Å². The minimum Gasteiger partial charge on any atom is -0.361 e. The van der Waals surface area contributed by atoms with Crippen molar-refractivity contribution in [1.29, 1.82) is 0 Å². The molecule has 0 atom stereocenters. The number of hydrogen-bond acceptors (Lipinski definition) is 3. The van der Waals surface area contributed by atoms with Crippen LogP contribution in [0.2, 0.25) is 0 Å². The van der Waals surface area contributed by atoms with E-state index in [1.54, 1.807) is 39.8 Å². The fourth-order valence-electron chi connectivity index (χ4n) is 3.37. The number of rotatable bonds is 3. The Labute approximate surface area is 146 Å². The number of fused-ring (bicyclic) bond motifs is 4. The first-order valence-electron chi connectivity index (χ1n) is 8.28. The summed E-state index contributed by atoms with van der Waals surface area (Å²) in [7, 11) is 0. The molecule has 1 N–H and O–H groups in total. The van der Waals surface area contributed by atoms with E-state index in [2.05, 4.69) is 15.1 Å². The Morgan fingerprint density at radius 2 is 2.08 bits per heavy atom. The van der Waals surface area contributed by atoms with Crippen LogP contribution in [0, 0.1) is 5.82 Å². The Balaban J connectivity index is 1.53. The Morgan fingerprint density at radius 3 is 3.00 bits per heavy atom. The molecule has 0 aliphatic heterocycles. The zero-order chi connectivity index (χ0) is 17.7. The maximum atomic E-state index is 13.5. The van der Waals surface area contributed by atoms with Crippen LogP contribution in [0.5, 0.6) is 0 Å². The van der Waals surface area contributed by atoms with E-state index in [0.717, 1.165) is 22.0 Å². The third kappa shape index (κ3) is 2.21. The minimum atomic E-state index is -0.268. The zero-order valence-electron chi connectivity index (χ0n) is 13.7. The van der Waals surface area contributed by atoms with Gasteiger partial charge in [-0.05, 0) is 36.2 Å². The lowest BCUT2D eigenvalue weighted by Crippen LogP contribution is -2.21. The molecule has 128 valence electrons. The van der Waals surface area contributed by atoms with Gasteiger partial charge in [-0.1, -0.05) is 0 Å². The van der Waals surface area contributed by atoms with Crippen LogP contribution in [0.3, 0.4) is 0 Å². The molecule has 0 bridgehead atoms. The van der Waals surface area contributed by atoms with E-state index >= 15 is 0 Å². The molecule has 4 heterocycles. The van der Waals surface area contributed by atoms with Crippen molar-refractivity contribution in [3.05, 3.63) is 76.9 Å². The summed E-state index contributed by atoms with van der Waals surface area (Å²) >= 11 is 0. The number of aromatic nitrogens is 5. The normalized spacial score (nSPS) is 11.7. The summed E-state index contributed by atoms with van der Waals surface area (Å²) in [5, 5.41) is 5.58. The first-order chi connectivity index (χ1) is 12.7. The highest BCUT2D eigenvalue weighted by atomic mass is 19.1. The molecule has 1 aromatic carbocycles. The van der Waals surface area contributed by atoms with Crippen molar-refractivity contribution in [2.45, 2.75) is 13.0 Å². The zero-order valence-corrected chi connectivity index (χ0v) is 13.7. The van der Waals surface area contributed by atoms with Gasteiger partial charge in [0, 0.05) is 42.1 Å². The Hall–Kier alpha value is -3.48. The second-order valence-electron chi connectivity index (χ2n) is 6.23. The monoisotopic (exact) mass is 347 g/mol. The van der Waals surface area contributed by atoms with Crippen molar-refractivity contribution in [2.75, 3.05) is 0 Å². The summed E-state index contributed by atoms with van der Waals surface area (Å²) in [4.78, 5) is 20.2. The third-order valence-corrected chi connectivity index (χ3v) is 4.71. The third-order valence-electron chi connectivity index (χ3n) is 4.71. The van der Waals surface area contributed by atoms with Crippen molar-refractivity contribution in [3.63, 3.8) is 0 Å². The number of halogens is 1. The van der Waals surface area contributed by atoms with Crippen LogP contribution in [0.25, 0.3) is 27.5 Å². The van der Waals surface area contributed by atoms with E-state index < -0.39 is 0 Å². The van der Waals surface area contributed by atoms with Crippen molar-refractivity contribution >= 4 is 27.5 Å². The molecule has 6 nitrogen and oxygen atoms in total. The summed E-state index contributed by atoms with van der Waals surface area (Å²) in [6.07, 6.45) is 7.49. The molecule has 0 saturated heterocycles. The van der Waals surface area contributed by atoms with Gasteiger partial charge in [0.1, 0.15) is 5.82 Å². The quantitative estimate of drug-likeness (QED) is 0.546. The first kappa shape index (κ1) is 14.8. The van der Waals surface area contributed by atoms with E-state index in [-0.39, 0.29) is 11.4 Å². The molecule has 7 heteroatoms. The van der Waals surface area contributed by atoms with Gasteiger partial charge in [0.15, 0.2) is 5.65 Å². The lowest BCUT2D eigenvalue weighted by atomic mass is 10.1. The predicted octanol–water partition coefficient (Wildman–Crippen LogP) is 2.91. The molecule has 0 unspecified atom stereocenters. The van der Waals surface area contributed by atoms with Crippen molar-refractivity contribution < 1.29 is 4.39 Å². The molecular formula is C19H14FN5O. The highest BCUT2D eigenvalue weighted by Crippen LogP contribution is 2.20. The number of benzene rings is 1. The number of nitrogens with one attached hydrogen (secondary N) is 1. The van der Waals surface area contributed by atoms with Crippen LogP contribution in [0.15, 0.2) is 59.9 Å². The topological polar surface area (TPSA) is 68.0 Å². The van der Waals surface area contributed by atoms with Crippen LogP contribution in [-0.4, -0.2) is 24.1 Å². The van der Waals surface area contributed by atoms with E-state index in [4.69, 9.17) is 0 Å². The van der Waals surface area contributed by atoms with Crippen molar-refractivity contribution in [3.8, 4) is 0 Å². The van der Waals surface area contributed by atoms with E-state index in [1.165, 1.54) is 12.1 Å². The molecule has 0 aliphatic rings. The average Bonchev–Trinajstić information content (AvgIpc) is 3.27. The fourth-order valence-corrected chi connectivity index (χ4v) is 3.37. The Kier molecular flexibility index (Phi) is 3.15. The average molecular weight is 347 g/mol. The summed E-state index contributed by atoms with van der Waals surface area (Å²) in [6.45, 7) is 0.495. The summed E-state index contributed by atoms with van der Waals surface area (Å²) < 4.78 is 16.8. The van der Waals surface area contributed by atoms with Crippen molar-refractivity contribution in [1.82, 2.24) is 24.1 Å². The standard InChI is InChI=1S/C19H14FN5O/c20-13-1-2-16-14(9-13)12(10-21-16)4-7-24-8-5-17-15(19(24)26)11-22-18-3-6-23-25(17)18/h1-3,5-6,8-11,21H,4,7H2. The maximum Gasteiger partial charge on any atom is 0.261 e. The van der Waals surface area contributed by atoms with Crippen LogP contribution in [-0.2, 0) is 13.0 Å². The molecule has 0 saturated carbocycles. The minimum absolute atomic E-state index is 0.113. The summed E-state index contributed by atoms with van der Waals surface area (Å²) in [5.41, 5.74) is 3.19. The Bertz CT molecular complexity index is 1330. The van der Waals surface area contributed by atoms with Gasteiger partial charge in [-0.2, -0.15) is 5.10 Å². The van der Waals surface area contributed by atoms with Gasteiger partial charge >= 0.3 is 0 Å². The van der Waals surface area contributed by atoms with E-state index in [9.17, 15) is 9.18 Å². The predicted molar refractivity (Wildman–Crippen MR) is 96.7 cm³/mol. The molecule has 0 amide bonds. The van der Waals surface area contributed by atoms with Gasteiger partial charge in [-0.3, -0.25) is 4.79 Å². The van der Waals surface area contributed by atoms with Gasteiger partial charge < -0.3 is 9.55 Å². The second kappa shape index (κ2) is 5.52. The van der Waals surface area contributed by atoms with Crippen LogP contribution in [0.4, 0.5) is 4.39 Å². The van der Waals surface area contributed by atoms with Gasteiger partial charge in [-0.25, -0.2) is 13.9 Å². The number of hydrogen-bond donors (Lipinski definition) is 1. The lowest BCUT2D eigenvalue weighted by molar-refractivity contribution is 0.629. The molecule has 26 heavy (non-hydrogen) atoms. The highest BCUT2D eigenvalue weighted by Gasteiger charge is 2.09. The molecule has 5 aromatic rings. The van der Waals surface area contributed by atoms with Gasteiger partial charge in [-0.15, -0.1) is 0 Å². The molecule has 5 rings (SSSR count). The highest BCUT2D eigenvalue weighted by molar-refractivity contribution is 5.83. The lowest BCUT2D eigenvalue weighted by Gasteiger charge is -2.08.